The van der Waals surface area contributed by atoms with E-state index in [2.05, 4.69) is 5.32 Å². The summed E-state index contributed by atoms with van der Waals surface area (Å²) in [7, 11) is 0. The lowest BCUT2D eigenvalue weighted by atomic mass is 10.1. The Morgan fingerprint density at radius 3 is 2.25 bits per heavy atom. The number of carbonyl (C=O) groups is 1. The maximum Gasteiger partial charge on any atom is 0.269 e. The van der Waals surface area contributed by atoms with Crippen molar-refractivity contribution in [2.24, 2.45) is 0 Å². The summed E-state index contributed by atoms with van der Waals surface area (Å²) in [5, 5.41) is 13.1. The number of nitrogens with one attached hydrogen (secondary N) is 1. The van der Waals surface area contributed by atoms with E-state index in [1.165, 1.54) is 36.0 Å². The van der Waals surface area contributed by atoms with Crippen LogP contribution in [0.15, 0.2) is 53.4 Å². The summed E-state index contributed by atoms with van der Waals surface area (Å²) in [6.45, 7) is 3.59. The topological polar surface area (TPSA) is 72.2 Å². The van der Waals surface area contributed by atoms with E-state index in [0.29, 0.717) is 0 Å². The summed E-state index contributed by atoms with van der Waals surface area (Å²) < 4.78 is 12.9. The fourth-order valence-electron chi connectivity index (χ4n) is 2.07. The van der Waals surface area contributed by atoms with Crippen molar-refractivity contribution >= 4 is 23.4 Å². The largest absolute Gasteiger partial charge is 0.349 e. The number of nitrogens with zero attached hydrogens (tertiary/aromatic N) is 1. The van der Waals surface area contributed by atoms with Gasteiger partial charge in [0.15, 0.2) is 0 Å². The second-order valence-electron chi connectivity index (χ2n) is 5.29. The van der Waals surface area contributed by atoms with Crippen LogP contribution in [0.5, 0.6) is 0 Å². The minimum atomic E-state index is -0.463. The molecule has 2 unspecified atom stereocenters. The Bertz CT molecular complexity index is 720. The average Bonchev–Trinajstić information content (AvgIpc) is 2.55. The van der Waals surface area contributed by atoms with E-state index >= 15 is 0 Å². The highest BCUT2D eigenvalue weighted by Gasteiger charge is 2.18. The number of hydrogen-bond donors (Lipinski definition) is 1. The van der Waals surface area contributed by atoms with Crippen LogP contribution in [0.25, 0.3) is 0 Å². The third kappa shape index (κ3) is 4.79. The highest BCUT2D eigenvalue weighted by molar-refractivity contribution is 8.00. The molecule has 0 aliphatic heterocycles. The van der Waals surface area contributed by atoms with Gasteiger partial charge in [-0.2, -0.15) is 0 Å². The molecule has 0 aromatic heterocycles. The van der Waals surface area contributed by atoms with Crippen LogP contribution in [0.4, 0.5) is 10.1 Å². The number of thioether (sulfide) groups is 1. The molecule has 0 saturated heterocycles. The minimum Gasteiger partial charge on any atom is -0.349 e. The van der Waals surface area contributed by atoms with Crippen LogP contribution < -0.4 is 5.32 Å². The van der Waals surface area contributed by atoms with Crippen molar-refractivity contribution in [3.8, 4) is 0 Å². The van der Waals surface area contributed by atoms with Gasteiger partial charge < -0.3 is 5.32 Å². The molecule has 0 fully saturated rings. The van der Waals surface area contributed by atoms with Gasteiger partial charge in [0.2, 0.25) is 5.91 Å². The van der Waals surface area contributed by atoms with Crippen LogP contribution in [0.1, 0.15) is 25.5 Å². The molecule has 0 bridgehead atoms. The van der Waals surface area contributed by atoms with Crippen LogP contribution >= 0.6 is 11.8 Å². The Labute approximate surface area is 143 Å². The van der Waals surface area contributed by atoms with Gasteiger partial charge in [-0.3, -0.25) is 14.9 Å². The number of nitro groups is 1. The van der Waals surface area contributed by atoms with Crippen molar-refractivity contribution in [2.45, 2.75) is 30.0 Å². The monoisotopic (exact) mass is 348 g/mol. The number of hydrogen-bond acceptors (Lipinski definition) is 4. The van der Waals surface area contributed by atoms with Crippen LogP contribution in [-0.4, -0.2) is 16.1 Å². The molecule has 126 valence electrons. The van der Waals surface area contributed by atoms with Crippen LogP contribution in [0.3, 0.4) is 0 Å². The third-order valence-corrected chi connectivity index (χ3v) is 4.57. The maximum atomic E-state index is 12.9. The van der Waals surface area contributed by atoms with Gasteiger partial charge >= 0.3 is 0 Å². The molecule has 2 rings (SSSR count). The van der Waals surface area contributed by atoms with Crippen LogP contribution in [0, 0.1) is 15.9 Å². The summed E-state index contributed by atoms with van der Waals surface area (Å²) >= 11 is 1.32. The minimum absolute atomic E-state index is 0.0152. The van der Waals surface area contributed by atoms with E-state index in [1.807, 2.05) is 6.92 Å². The molecule has 0 spiro atoms. The molecular weight excluding hydrogens is 331 g/mol. The molecule has 1 N–H and O–H groups in total. The highest BCUT2D eigenvalue weighted by atomic mass is 32.2. The van der Waals surface area contributed by atoms with E-state index < -0.39 is 4.92 Å². The summed E-state index contributed by atoms with van der Waals surface area (Å²) in [5.74, 6) is -0.477. The van der Waals surface area contributed by atoms with Crippen molar-refractivity contribution in [1.29, 1.82) is 0 Å². The van der Waals surface area contributed by atoms with Gasteiger partial charge in [0, 0.05) is 17.0 Å². The van der Waals surface area contributed by atoms with Crippen molar-refractivity contribution in [2.75, 3.05) is 0 Å². The Balaban J connectivity index is 1.93. The number of halogens is 1. The quantitative estimate of drug-likeness (QED) is 0.485. The SMILES string of the molecule is CC(Sc1ccc([N+](=O)[O-])cc1)C(=O)NC(C)c1ccc(F)cc1. The molecule has 24 heavy (non-hydrogen) atoms. The summed E-state index contributed by atoms with van der Waals surface area (Å²) in [5.41, 5.74) is 0.832. The zero-order valence-corrected chi connectivity index (χ0v) is 14.0. The van der Waals surface area contributed by atoms with Crippen molar-refractivity contribution in [1.82, 2.24) is 5.32 Å². The lowest BCUT2D eigenvalue weighted by Crippen LogP contribution is -2.33. The number of amides is 1. The second kappa shape index (κ2) is 7.92. The number of rotatable bonds is 6. The van der Waals surface area contributed by atoms with Gasteiger partial charge in [0.25, 0.3) is 5.69 Å². The standard InChI is InChI=1S/C17H17FN2O3S/c1-11(13-3-5-14(18)6-4-13)19-17(21)12(2)24-16-9-7-15(8-10-16)20(22)23/h3-12H,1-2H3,(H,19,21). The van der Waals surface area contributed by atoms with Gasteiger partial charge in [0.1, 0.15) is 5.82 Å². The molecular formula is C17H17FN2O3S. The van der Waals surface area contributed by atoms with Crippen LogP contribution in [-0.2, 0) is 4.79 Å². The molecule has 5 nitrogen and oxygen atoms in total. The molecule has 0 aliphatic rings. The fourth-order valence-corrected chi connectivity index (χ4v) is 2.95. The van der Waals surface area contributed by atoms with Gasteiger partial charge in [-0.15, -0.1) is 11.8 Å². The summed E-state index contributed by atoms with van der Waals surface area (Å²) in [6.07, 6.45) is 0. The first-order valence-corrected chi connectivity index (χ1v) is 8.21. The smallest absolute Gasteiger partial charge is 0.269 e. The summed E-state index contributed by atoms with van der Waals surface area (Å²) in [6, 6.07) is 11.8. The van der Waals surface area contributed by atoms with Gasteiger partial charge in [-0.05, 0) is 43.7 Å². The predicted molar refractivity (Wildman–Crippen MR) is 91.4 cm³/mol. The first-order chi connectivity index (χ1) is 11.4. The molecule has 7 heteroatoms. The Kier molecular flexibility index (Phi) is 5.92. The third-order valence-electron chi connectivity index (χ3n) is 3.46. The average molecular weight is 348 g/mol. The van der Waals surface area contributed by atoms with E-state index in [0.717, 1.165) is 10.5 Å². The molecule has 2 aromatic carbocycles. The van der Waals surface area contributed by atoms with E-state index in [9.17, 15) is 19.3 Å². The summed E-state index contributed by atoms with van der Waals surface area (Å²) in [4.78, 5) is 23.2. The molecule has 2 atom stereocenters. The molecule has 0 aliphatic carbocycles. The lowest BCUT2D eigenvalue weighted by molar-refractivity contribution is -0.384. The molecule has 1 amide bonds. The van der Waals surface area contributed by atoms with Gasteiger partial charge in [0.05, 0.1) is 16.2 Å². The first-order valence-electron chi connectivity index (χ1n) is 7.34. The molecule has 0 radical (unpaired) electrons. The van der Waals surface area contributed by atoms with E-state index in [1.54, 1.807) is 31.2 Å². The number of nitro benzene ring substituents is 1. The Hall–Kier alpha value is -2.41. The number of non-ortho nitro benzene ring substituents is 1. The molecule has 0 saturated carbocycles. The second-order valence-corrected chi connectivity index (χ2v) is 6.71. The zero-order chi connectivity index (χ0) is 17.7. The number of benzene rings is 2. The first kappa shape index (κ1) is 17.9. The Morgan fingerprint density at radius 2 is 1.71 bits per heavy atom. The van der Waals surface area contributed by atoms with Crippen molar-refractivity contribution in [3.63, 3.8) is 0 Å². The predicted octanol–water partition coefficient (Wildman–Crippen LogP) is 4.09. The van der Waals surface area contributed by atoms with Crippen molar-refractivity contribution in [3.05, 3.63) is 70.0 Å². The maximum absolute atomic E-state index is 12.9. The lowest BCUT2D eigenvalue weighted by Gasteiger charge is -2.17. The molecule has 0 heterocycles. The van der Waals surface area contributed by atoms with Crippen LogP contribution in [0.2, 0.25) is 0 Å². The van der Waals surface area contributed by atoms with E-state index in [4.69, 9.17) is 0 Å². The fraction of sp³-hybridized carbons (Fsp3) is 0.235. The number of carbonyl (C=O) groups excluding carboxylic acids is 1. The zero-order valence-electron chi connectivity index (χ0n) is 13.2. The highest BCUT2D eigenvalue weighted by Crippen LogP contribution is 2.26. The molecule has 2 aromatic rings. The Morgan fingerprint density at radius 1 is 1.12 bits per heavy atom. The normalized spacial score (nSPS) is 13.1. The van der Waals surface area contributed by atoms with Gasteiger partial charge in [-0.1, -0.05) is 12.1 Å². The van der Waals surface area contributed by atoms with Crippen molar-refractivity contribution < 1.29 is 14.1 Å². The van der Waals surface area contributed by atoms with E-state index in [-0.39, 0.29) is 28.7 Å². The van der Waals surface area contributed by atoms with Gasteiger partial charge in [-0.25, -0.2) is 4.39 Å².